The van der Waals surface area contributed by atoms with E-state index < -0.39 is 0 Å². The zero-order valence-corrected chi connectivity index (χ0v) is 14.3. The third-order valence-electron chi connectivity index (χ3n) is 5.40. The highest BCUT2D eigenvalue weighted by molar-refractivity contribution is 5.29. The average Bonchev–Trinajstić information content (AvgIpc) is 3.18. The third kappa shape index (κ3) is 3.15. The minimum atomic E-state index is 0.00937. The summed E-state index contributed by atoms with van der Waals surface area (Å²) in [5.41, 5.74) is 4.98. The lowest BCUT2D eigenvalue weighted by atomic mass is 9.96. The number of nitrogens with one attached hydrogen (secondary N) is 1. The summed E-state index contributed by atoms with van der Waals surface area (Å²) in [5.74, 6) is 0.540. The van der Waals surface area contributed by atoms with Gasteiger partial charge in [0.2, 0.25) is 0 Å². The van der Waals surface area contributed by atoms with Gasteiger partial charge in [-0.15, -0.1) is 0 Å². The van der Waals surface area contributed by atoms with Crippen LogP contribution >= 0.6 is 0 Å². The molecule has 2 aromatic rings. The van der Waals surface area contributed by atoms with Gasteiger partial charge in [-0.25, -0.2) is 4.68 Å². The monoisotopic (exact) mass is 327 g/mol. The van der Waals surface area contributed by atoms with Crippen molar-refractivity contribution in [1.29, 1.82) is 0 Å². The number of nitrogens with zero attached hydrogens (tertiary/aromatic N) is 4. The molecule has 0 bridgehead atoms. The molecule has 0 unspecified atom stereocenters. The van der Waals surface area contributed by atoms with Gasteiger partial charge in [-0.1, -0.05) is 0 Å². The number of aromatic amines is 1. The SMILES string of the molecule is Cc1ccc(=O)n(CC2CCN(Cc3n[nH]c4c3CCC4)CC2)n1. The van der Waals surface area contributed by atoms with Crippen molar-refractivity contribution in [2.45, 2.75) is 52.1 Å². The van der Waals surface area contributed by atoms with E-state index in [0.717, 1.165) is 51.1 Å². The Labute approximate surface area is 141 Å². The van der Waals surface area contributed by atoms with Gasteiger partial charge in [0, 0.05) is 24.8 Å². The minimum absolute atomic E-state index is 0.00937. The zero-order chi connectivity index (χ0) is 16.5. The highest BCUT2D eigenvalue weighted by atomic mass is 16.1. The summed E-state index contributed by atoms with van der Waals surface area (Å²) in [6.45, 7) is 5.79. The molecule has 2 aromatic heterocycles. The molecule has 3 heterocycles. The van der Waals surface area contributed by atoms with E-state index in [4.69, 9.17) is 0 Å². The van der Waals surface area contributed by atoms with Crippen LogP contribution in [-0.4, -0.2) is 38.0 Å². The first kappa shape index (κ1) is 15.6. The van der Waals surface area contributed by atoms with E-state index in [1.165, 1.54) is 29.8 Å². The molecule has 0 aromatic carbocycles. The van der Waals surface area contributed by atoms with Crippen LogP contribution in [0.4, 0.5) is 0 Å². The fraction of sp³-hybridized carbons (Fsp3) is 0.611. The Kier molecular flexibility index (Phi) is 4.22. The third-order valence-corrected chi connectivity index (χ3v) is 5.40. The Morgan fingerprint density at radius 2 is 2.08 bits per heavy atom. The molecular weight excluding hydrogens is 302 g/mol. The largest absolute Gasteiger partial charge is 0.297 e. The molecule has 1 fully saturated rings. The average molecular weight is 327 g/mol. The van der Waals surface area contributed by atoms with Crippen LogP contribution in [0.2, 0.25) is 0 Å². The van der Waals surface area contributed by atoms with E-state index in [1.807, 2.05) is 6.92 Å². The summed E-state index contributed by atoms with van der Waals surface area (Å²) in [6, 6.07) is 3.40. The molecule has 6 heteroatoms. The number of H-pyrrole nitrogens is 1. The van der Waals surface area contributed by atoms with Gasteiger partial charge >= 0.3 is 0 Å². The van der Waals surface area contributed by atoms with Crippen LogP contribution in [0.25, 0.3) is 0 Å². The number of aromatic nitrogens is 4. The molecule has 0 saturated carbocycles. The zero-order valence-electron chi connectivity index (χ0n) is 14.3. The Hall–Kier alpha value is -1.95. The molecule has 24 heavy (non-hydrogen) atoms. The molecule has 0 spiro atoms. The molecule has 128 valence electrons. The van der Waals surface area contributed by atoms with Crippen LogP contribution < -0.4 is 5.56 Å². The minimum Gasteiger partial charge on any atom is -0.297 e. The van der Waals surface area contributed by atoms with Gasteiger partial charge in [-0.3, -0.25) is 14.8 Å². The molecule has 0 radical (unpaired) electrons. The van der Waals surface area contributed by atoms with Crippen LogP contribution in [0.3, 0.4) is 0 Å². The Morgan fingerprint density at radius 3 is 2.92 bits per heavy atom. The van der Waals surface area contributed by atoms with Gasteiger partial charge in [0.05, 0.1) is 11.4 Å². The highest BCUT2D eigenvalue weighted by Crippen LogP contribution is 2.25. The second-order valence-corrected chi connectivity index (χ2v) is 7.20. The Balaban J connectivity index is 1.33. The van der Waals surface area contributed by atoms with Crippen molar-refractivity contribution in [3.05, 3.63) is 45.1 Å². The Morgan fingerprint density at radius 1 is 1.25 bits per heavy atom. The second kappa shape index (κ2) is 6.51. The summed E-state index contributed by atoms with van der Waals surface area (Å²) >= 11 is 0. The molecule has 0 atom stereocenters. The number of piperidine rings is 1. The van der Waals surface area contributed by atoms with Gasteiger partial charge in [0.25, 0.3) is 5.56 Å². The number of fused-ring (bicyclic) bond motifs is 1. The van der Waals surface area contributed by atoms with Crippen LogP contribution in [-0.2, 0) is 25.9 Å². The van der Waals surface area contributed by atoms with E-state index in [0.29, 0.717) is 5.92 Å². The number of hydrogen-bond acceptors (Lipinski definition) is 4. The molecule has 4 rings (SSSR count). The topological polar surface area (TPSA) is 66.8 Å². The quantitative estimate of drug-likeness (QED) is 0.928. The summed E-state index contributed by atoms with van der Waals surface area (Å²) in [4.78, 5) is 14.4. The number of likely N-dealkylation sites (tertiary alicyclic amines) is 1. The number of hydrogen-bond donors (Lipinski definition) is 1. The first-order chi connectivity index (χ1) is 11.7. The predicted octanol–water partition coefficient (Wildman–Crippen LogP) is 1.68. The number of aryl methyl sites for hydroxylation is 2. The van der Waals surface area contributed by atoms with E-state index in [2.05, 4.69) is 20.2 Å². The number of rotatable bonds is 4. The maximum absolute atomic E-state index is 11.9. The van der Waals surface area contributed by atoms with E-state index in [9.17, 15) is 4.79 Å². The van der Waals surface area contributed by atoms with Gasteiger partial charge in [0.1, 0.15) is 0 Å². The molecule has 1 saturated heterocycles. The van der Waals surface area contributed by atoms with Crippen LogP contribution in [0.5, 0.6) is 0 Å². The lowest BCUT2D eigenvalue weighted by Crippen LogP contribution is -2.36. The fourth-order valence-electron chi connectivity index (χ4n) is 3.98. The fourth-order valence-corrected chi connectivity index (χ4v) is 3.98. The van der Waals surface area contributed by atoms with E-state index in [1.54, 1.807) is 16.8 Å². The normalized spacial score (nSPS) is 18.9. The molecule has 1 N–H and O–H groups in total. The first-order valence-corrected chi connectivity index (χ1v) is 9.01. The Bertz CT molecular complexity index is 770. The van der Waals surface area contributed by atoms with Crippen molar-refractivity contribution < 1.29 is 0 Å². The highest BCUT2D eigenvalue weighted by Gasteiger charge is 2.24. The summed E-state index contributed by atoms with van der Waals surface area (Å²) < 4.78 is 1.64. The first-order valence-electron chi connectivity index (χ1n) is 9.01. The van der Waals surface area contributed by atoms with E-state index in [-0.39, 0.29) is 5.56 Å². The van der Waals surface area contributed by atoms with Crippen molar-refractivity contribution >= 4 is 0 Å². The summed E-state index contributed by atoms with van der Waals surface area (Å²) in [7, 11) is 0. The van der Waals surface area contributed by atoms with Crippen molar-refractivity contribution in [3.63, 3.8) is 0 Å². The molecule has 1 aliphatic heterocycles. The molecular formula is C18H25N5O. The van der Waals surface area contributed by atoms with Gasteiger partial charge in [0.15, 0.2) is 0 Å². The van der Waals surface area contributed by atoms with Gasteiger partial charge in [-0.05, 0) is 69.7 Å². The van der Waals surface area contributed by atoms with Crippen molar-refractivity contribution in [2.75, 3.05) is 13.1 Å². The van der Waals surface area contributed by atoms with Crippen LogP contribution in [0.1, 0.15) is 41.9 Å². The van der Waals surface area contributed by atoms with Gasteiger partial charge in [-0.2, -0.15) is 10.2 Å². The van der Waals surface area contributed by atoms with E-state index >= 15 is 0 Å². The lowest BCUT2D eigenvalue weighted by Gasteiger charge is -2.31. The molecule has 6 nitrogen and oxygen atoms in total. The predicted molar refractivity (Wildman–Crippen MR) is 91.8 cm³/mol. The van der Waals surface area contributed by atoms with Crippen molar-refractivity contribution in [2.24, 2.45) is 5.92 Å². The standard InChI is InChI=1S/C18H25N5O/c1-13-5-6-18(24)23(21-13)11-14-7-9-22(10-8-14)12-17-15-3-2-4-16(15)19-20-17/h5-6,14H,2-4,7-12H2,1H3,(H,19,20). The van der Waals surface area contributed by atoms with Crippen LogP contribution in [0.15, 0.2) is 16.9 Å². The lowest BCUT2D eigenvalue weighted by molar-refractivity contribution is 0.161. The molecule has 0 amide bonds. The van der Waals surface area contributed by atoms with Crippen molar-refractivity contribution in [3.8, 4) is 0 Å². The second-order valence-electron chi connectivity index (χ2n) is 7.20. The molecule has 2 aliphatic rings. The molecule has 1 aliphatic carbocycles. The van der Waals surface area contributed by atoms with Crippen molar-refractivity contribution in [1.82, 2.24) is 24.9 Å². The maximum atomic E-state index is 11.9. The van der Waals surface area contributed by atoms with Crippen LogP contribution in [0, 0.1) is 12.8 Å². The summed E-state index contributed by atoms with van der Waals surface area (Å²) in [5, 5.41) is 12.1. The smallest absolute Gasteiger partial charge is 0.266 e. The van der Waals surface area contributed by atoms with Gasteiger partial charge < -0.3 is 0 Å². The summed E-state index contributed by atoms with van der Waals surface area (Å²) in [6.07, 6.45) is 5.84. The maximum Gasteiger partial charge on any atom is 0.266 e.